The van der Waals surface area contributed by atoms with Crippen LogP contribution >= 0.6 is 0 Å². The molecule has 10 rings (SSSR count). The number of ether oxygens (including phenoxy) is 15. The summed E-state index contributed by atoms with van der Waals surface area (Å²) in [5, 5.41) is 158. The smallest absolute Gasteiger partial charge is 0.317 e. The second-order valence-corrected chi connectivity index (χ2v) is 35.3. The number of carbonyl (C=O) groups is 6. The van der Waals surface area contributed by atoms with Crippen molar-refractivity contribution in [3.63, 3.8) is 0 Å². The maximum absolute atomic E-state index is 16.2. The molecule has 0 spiro atoms. The summed E-state index contributed by atoms with van der Waals surface area (Å²) in [6.07, 6.45) is -45.0. The van der Waals surface area contributed by atoms with Crippen LogP contribution in [0.15, 0.2) is 11.6 Å². The first kappa shape index (κ1) is 90.0. The number of rotatable bonds is 24. The summed E-state index contributed by atoms with van der Waals surface area (Å²) in [6, 6.07) is 0. The predicted octanol–water partition coefficient (Wildman–Crippen LogP) is -0.690. The molecule has 2 unspecified atom stereocenters. The molecule has 5 aliphatic carbocycles. The van der Waals surface area contributed by atoms with E-state index < -0.39 is 290 Å². The summed E-state index contributed by atoms with van der Waals surface area (Å²) in [7, 11) is 0. The van der Waals surface area contributed by atoms with E-state index in [0.29, 0.717) is 32.1 Å². The minimum absolute atomic E-state index is 0.0326. The van der Waals surface area contributed by atoms with Gasteiger partial charge in [-0.2, -0.15) is 0 Å². The number of esters is 6. The summed E-state index contributed by atoms with van der Waals surface area (Å²) in [5.74, 6) is -6.70. The lowest BCUT2D eigenvalue weighted by Crippen LogP contribution is -2.70. The van der Waals surface area contributed by atoms with Crippen LogP contribution in [0.1, 0.15) is 181 Å². The standard InChI is InChI=1S/C77H122O35/c1-31(79)22-47(84)99-32(2)23-48(85)100-33(3)24-49(86)101-34(4)25-50(87)107-60-37(7)105-70(64(57(60)94)110-69-63(106-39(9)80)58(95)61(38(8)104-69)108-66-59(96)62(43(82)29-98-66)109-67-55(92)53(90)51(88)35(5)102-67)112-71(97)77-21-20-72(10,11)26-41(77)40-16-17-45-73(12)27-42(81)65(111-68-56(93)54(91)52(89)36(6)103-68)74(13,30-78)44(73)18-19-75(45,14)76(40,15)28-46(77)83/h16,31-38,41-46,51-70,78-79,81-83,88-96H,17-30H2,1-15H3/t31-,32-,33-,34-,35-,36-,37+,38-,41?,42-,43+,44?,45+,46+,51-,52-,53+,54+,55+,56+,57-,58+,59+,60-,61-,62-,63+,64+,65-,66-,67-,68-,69-,70-,73-,74-,75+,76+,77+/m0/s1. The molecule has 0 aromatic carbocycles. The molecule has 0 bridgehead atoms. The van der Waals surface area contributed by atoms with Gasteiger partial charge in [0.2, 0.25) is 6.29 Å². The lowest BCUT2D eigenvalue weighted by atomic mass is 9.33. The number of fused-ring (bicyclic) bond motifs is 7. The van der Waals surface area contributed by atoms with Crippen LogP contribution in [0.4, 0.5) is 0 Å². The van der Waals surface area contributed by atoms with E-state index in [1.54, 1.807) is 0 Å². The largest absolute Gasteiger partial charge is 0.462 e. The van der Waals surface area contributed by atoms with Gasteiger partial charge in [-0.1, -0.05) is 53.2 Å². The quantitative estimate of drug-likeness (QED) is 0.0246. The highest BCUT2D eigenvalue weighted by atomic mass is 16.8. The van der Waals surface area contributed by atoms with Crippen molar-refractivity contribution in [1.82, 2.24) is 0 Å². The zero-order valence-electron chi connectivity index (χ0n) is 66.4. The maximum atomic E-state index is 16.2. The molecular weight excluding hydrogens is 1480 g/mol. The number of carbonyl (C=O) groups excluding carboxylic acids is 6. The molecule has 5 heterocycles. The molecule has 35 nitrogen and oxygen atoms in total. The third kappa shape index (κ3) is 17.7. The van der Waals surface area contributed by atoms with Gasteiger partial charge in [0.15, 0.2) is 43.5 Å². The Bertz CT molecular complexity index is 3320. The molecule has 0 aromatic heterocycles. The van der Waals surface area contributed by atoms with Crippen LogP contribution in [0.25, 0.3) is 0 Å². The average molecular weight is 1610 g/mol. The van der Waals surface area contributed by atoms with Crippen molar-refractivity contribution in [3.8, 4) is 0 Å². The Balaban J connectivity index is 0.907. The third-order valence-corrected chi connectivity index (χ3v) is 26.4. The molecule has 112 heavy (non-hydrogen) atoms. The van der Waals surface area contributed by atoms with Crippen molar-refractivity contribution >= 4 is 35.8 Å². The number of hydrogen-bond acceptors (Lipinski definition) is 35. The third-order valence-electron chi connectivity index (χ3n) is 26.4. The molecule has 5 aliphatic heterocycles. The first-order valence-corrected chi connectivity index (χ1v) is 39.3. The lowest BCUT2D eigenvalue weighted by Gasteiger charge is -2.72. The van der Waals surface area contributed by atoms with Gasteiger partial charge in [0, 0.05) is 12.3 Å². The van der Waals surface area contributed by atoms with E-state index in [0.717, 1.165) is 12.5 Å². The fourth-order valence-electron chi connectivity index (χ4n) is 20.3. The van der Waals surface area contributed by atoms with Crippen LogP contribution in [0.5, 0.6) is 0 Å². The number of aliphatic hydroxyl groups is 14. The summed E-state index contributed by atoms with van der Waals surface area (Å²) in [6.45, 7) is 23.7. The van der Waals surface area contributed by atoms with Gasteiger partial charge in [-0.15, -0.1) is 0 Å². The Morgan fingerprint density at radius 3 is 1.56 bits per heavy atom. The molecular formula is C77H122O35. The van der Waals surface area contributed by atoms with Crippen LogP contribution < -0.4 is 0 Å². The topological polar surface area (TPSA) is 524 Å². The lowest BCUT2D eigenvalue weighted by molar-refractivity contribution is -0.380. The van der Waals surface area contributed by atoms with Crippen molar-refractivity contribution < 1.29 is 171 Å². The van der Waals surface area contributed by atoms with Gasteiger partial charge in [-0.3, -0.25) is 28.8 Å². The van der Waals surface area contributed by atoms with Crippen molar-refractivity contribution in [2.24, 2.45) is 50.2 Å². The monoisotopic (exact) mass is 1610 g/mol. The maximum Gasteiger partial charge on any atom is 0.317 e. The highest BCUT2D eigenvalue weighted by Gasteiger charge is 2.74. The SMILES string of the molecule is CC(=O)O[C@H]1[C@H](O[C@H]2[C@H](OC(=O)[C@]34CCC(C)(C)CC3C3=CC[C@@H]5[C@@]6(C)C[C@H](O)[C@H](O[C@@H]7O[C@@H](C)[C@H](O)[C@@H](O)[C@H]7O)[C@@](C)(CO)C6CC[C@@]5(C)[C@]3(C)C[C@H]4O)O[C@H](C)[C@H](OC(=O)C[C@H](C)OC(=O)C[C@H](C)OC(=O)C[C@H](C)OC(=O)C[C@H](C)O)[C@@H]2O)O[C@@H](C)[C@H](O[C@@H]2OC[C@@H](O)[C@H](O[C@@H]3O[C@@H](C)[C@H](O)[C@@H](O)[C@H]3O)[C@H]2O)[C@H]1O. The minimum Gasteiger partial charge on any atom is -0.462 e. The molecule has 35 heteroatoms. The first-order valence-electron chi connectivity index (χ1n) is 39.3. The number of allylic oxidation sites excluding steroid dienone is 2. The molecule has 9 fully saturated rings. The Hall–Kier alpha value is -4.36. The van der Waals surface area contributed by atoms with Gasteiger partial charge in [0.05, 0.1) is 87.7 Å². The molecule has 14 N–H and O–H groups in total. The zero-order chi connectivity index (χ0) is 82.9. The number of hydrogen-bond donors (Lipinski definition) is 14. The van der Waals surface area contributed by atoms with E-state index in [4.69, 9.17) is 71.1 Å². The fourth-order valence-corrected chi connectivity index (χ4v) is 20.3. The zero-order valence-corrected chi connectivity index (χ0v) is 66.4. The Labute approximate surface area is 651 Å². The van der Waals surface area contributed by atoms with Gasteiger partial charge < -0.3 is 143 Å². The van der Waals surface area contributed by atoms with Gasteiger partial charge in [0.25, 0.3) is 0 Å². The van der Waals surface area contributed by atoms with Gasteiger partial charge in [-0.25, -0.2) is 0 Å². The summed E-state index contributed by atoms with van der Waals surface area (Å²) in [5.41, 5.74) is -4.57. The molecule has 0 radical (unpaired) electrons. The first-order chi connectivity index (χ1) is 52.2. The van der Waals surface area contributed by atoms with E-state index >= 15 is 4.79 Å². The molecule has 640 valence electrons. The van der Waals surface area contributed by atoms with Gasteiger partial charge >= 0.3 is 35.8 Å². The van der Waals surface area contributed by atoms with E-state index in [-0.39, 0.29) is 43.9 Å². The molecule has 39 atom stereocenters. The van der Waals surface area contributed by atoms with Gasteiger partial charge in [0.1, 0.15) is 97.0 Å². The normalized spacial score (nSPS) is 47.0. The van der Waals surface area contributed by atoms with Crippen LogP contribution in [0, 0.1) is 50.2 Å². The molecule has 4 saturated carbocycles. The summed E-state index contributed by atoms with van der Waals surface area (Å²) < 4.78 is 88.9. The molecule has 0 amide bonds. The fraction of sp³-hybridized carbons (Fsp3) is 0.896. The van der Waals surface area contributed by atoms with Crippen molar-refractivity contribution in [2.75, 3.05) is 13.2 Å². The highest BCUT2D eigenvalue weighted by molar-refractivity contribution is 5.80. The van der Waals surface area contributed by atoms with E-state index in [9.17, 15) is 95.5 Å². The Morgan fingerprint density at radius 2 is 1.00 bits per heavy atom. The van der Waals surface area contributed by atoms with E-state index in [2.05, 4.69) is 40.7 Å². The molecule has 0 aromatic rings. The molecule has 5 saturated heterocycles. The Kier molecular flexibility index (Phi) is 28.0. The predicted molar refractivity (Wildman–Crippen MR) is 378 cm³/mol. The van der Waals surface area contributed by atoms with Crippen molar-refractivity contribution in [2.45, 2.75) is 371 Å². The second kappa shape index (κ2) is 34.9. The average Bonchev–Trinajstić information content (AvgIpc) is 0.668. The van der Waals surface area contributed by atoms with E-state index in [1.165, 1.54) is 55.4 Å². The van der Waals surface area contributed by atoms with Crippen LogP contribution in [0.3, 0.4) is 0 Å². The minimum atomic E-state index is -2.09. The van der Waals surface area contributed by atoms with Crippen LogP contribution in [0.2, 0.25) is 0 Å². The summed E-state index contributed by atoms with van der Waals surface area (Å²) in [4.78, 5) is 81.2. The van der Waals surface area contributed by atoms with Gasteiger partial charge in [-0.05, 0) is 146 Å². The molecule has 10 aliphatic rings. The van der Waals surface area contributed by atoms with E-state index in [1.807, 2.05) is 6.92 Å². The second-order valence-electron chi connectivity index (χ2n) is 35.3. The van der Waals surface area contributed by atoms with Crippen molar-refractivity contribution in [3.05, 3.63) is 11.6 Å². The highest BCUT2D eigenvalue weighted by Crippen LogP contribution is 2.76. The Morgan fingerprint density at radius 1 is 0.491 bits per heavy atom. The van der Waals surface area contributed by atoms with Crippen molar-refractivity contribution in [1.29, 1.82) is 0 Å². The summed E-state index contributed by atoms with van der Waals surface area (Å²) >= 11 is 0. The number of aliphatic hydroxyl groups excluding tert-OH is 14. The van der Waals surface area contributed by atoms with Crippen LogP contribution in [-0.2, 0) is 99.8 Å². The van der Waals surface area contributed by atoms with Crippen LogP contribution in [-0.4, -0.2) is 311 Å².